The molecule has 5 rings (SSSR count). The third-order valence-electron chi connectivity index (χ3n) is 5.92. The van der Waals surface area contributed by atoms with E-state index in [1.165, 1.54) is 12.1 Å². The van der Waals surface area contributed by atoms with Crippen LogP contribution in [0.25, 0.3) is 16.6 Å². The van der Waals surface area contributed by atoms with Crippen LogP contribution < -0.4 is 10.5 Å². The van der Waals surface area contributed by atoms with Crippen LogP contribution in [-0.2, 0) is 6.54 Å². The summed E-state index contributed by atoms with van der Waals surface area (Å²) in [6, 6.07) is 13.6. The zero-order valence-electron chi connectivity index (χ0n) is 17.2. The van der Waals surface area contributed by atoms with Crippen molar-refractivity contribution in [2.75, 3.05) is 31.1 Å². The zero-order valence-corrected chi connectivity index (χ0v) is 17.2. The lowest BCUT2D eigenvalue weighted by Crippen LogP contribution is -2.48. The molecule has 0 atom stereocenters. The zero-order chi connectivity index (χ0) is 21.5. The molecule has 1 saturated heterocycles. The van der Waals surface area contributed by atoms with E-state index in [0.29, 0.717) is 49.3 Å². The van der Waals surface area contributed by atoms with E-state index in [9.17, 15) is 14.0 Å². The van der Waals surface area contributed by atoms with Crippen LogP contribution in [0.15, 0.2) is 59.5 Å². The molecular formula is C23H22FN5O2. The van der Waals surface area contributed by atoms with Crippen LogP contribution in [0, 0.1) is 5.82 Å². The highest BCUT2D eigenvalue weighted by Crippen LogP contribution is 2.20. The van der Waals surface area contributed by atoms with Gasteiger partial charge in [-0.25, -0.2) is 8.91 Å². The summed E-state index contributed by atoms with van der Waals surface area (Å²) in [5, 5.41) is 4.27. The first-order valence-electron chi connectivity index (χ1n) is 10.4. The van der Waals surface area contributed by atoms with Gasteiger partial charge >= 0.3 is 0 Å². The lowest BCUT2D eigenvalue weighted by Gasteiger charge is -2.36. The maximum Gasteiger partial charge on any atom is 0.277 e. The van der Waals surface area contributed by atoms with E-state index in [0.717, 1.165) is 11.2 Å². The number of halogens is 1. The van der Waals surface area contributed by atoms with Crippen LogP contribution in [0.1, 0.15) is 17.3 Å². The number of carbonyl (C=O) groups excluding carboxylic acids is 1. The predicted octanol–water partition coefficient (Wildman–Crippen LogP) is 2.77. The fraction of sp³-hybridized carbons (Fsp3) is 0.261. The number of rotatable bonds is 3. The third kappa shape index (κ3) is 3.24. The first-order chi connectivity index (χ1) is 15.1. The van der Waals surface area contributed by atoms with Gasteiger partial charge in [0.25, 0.3) is 11.5 Å². The highest BCUT2D eigenvalue weighted by molar-refractivity contribution is 5.97. The number of aromatic nitrogens is 3. The Bertz CT molecular complexity index is 1330. The smallest absolute Gasteiger partial charge is 0.277 e. The van der Waals surface area contributed by atoms with Crippen LogP contribution in [0.4, 0.5) is 10.1 Å². The Balaban J connectivity index is 1.42. The van der Waals surface area contributed by atoms with E-state index < -0.39 is 0 Å². The van der Waals surface area contributed by atoms with Crippen molar-refractivity contribution in [2.45, 2.75) is 13.5 Å². The van der Waals surface area contributed by atoms with Crippen molar-refractivity contribution in [3.8, 4) is 0 Å². The van der Waals surface area contributed by atoms with Crippen LogP contribution in [0.3, 0.4) is 0 Å². The Morgan fingerprint density at radius 1 is 0.968 bits per heavy atom. The Hall–Kier alpha value is -3.68. The molecular weight excluding hydrogens is 397 g/mol. The van der Waals surface area contributed by atoms with Crippen molar-refractivity contribution in [1.29, 1.82) is 0 Å². The first-order valence-corrected chi connectivity index (χ1v) is 10.4. The average molecular weight is 419 g/mol. The summed E-state index contributed by atoms with van der Waals surface area (Å²) in [6.45, 7) is 4.93. The van der Waals surface area contributed by atoms with E-state index in [2.05, 4.69) is 10.00 Å². The van der Waals surface area contributed by atoms with Gasteiger partial charge in [0.05, 0.1) is 17.2 Å². The maximum atomic E-state index is 13.2. The van der Waals surface area contributed by atoms with Gasteiger partial charge in [-0.2, -0.15) is 5.10 Å². The van der Waals surface area contributed by atoms with Crippen molar-refractivity contribution in [3.05, 3.63) is 76.5 Å². The number of aryl methyl sites for hydroxylation is 1. The molecule has 0 spiro atoms. The number of hydrogen-bond donors (Lipinski definition) is 0. The fourth-order valence-electron chi connectivity index (χ4n) is 4.27. The van der Waals surface area contributed by atoms with E-state index >= 15 is 0 Å². The van der Waals surface area contributed by atoms with Crippen LogP contribution in [0.5, 0.6) is 0 Å². The van der Waals surface area contributed by atoms with Crippen LogP contribution in [-0.4, -0.2) is 51.2 Å². The van der Waals surface area contributed by atoms with Gasteiger partial charge in [-0.3, -0.25) is 9.59 Å². The minimum Gasteiger partial charge on any atom is -0.368 e. The molecule has 1 fully saturated rings. The molecule has 7 nitrogen and oxygen atoms in total. The number of benzene rings is 2. The monoisotopic (exact) mass is 419 g/mol. The van der Waals surface area contributed by atoms with Crippen LogP contribution in [0.2, 0.25) is 0 Å². The minimum atomic E-state index is -0.258. The lowest BCUT2D eigenvalue weighted by atomic mass is 10.1. The molecule has 2 aromatic carbocycles. The second-order valence-electron chi connectivity index (χ2n) is 7.64. The van der Waals surface area contributed by atoms with E-state index in [-0.39, 0.29) is 17.3 Å². The molecule has 0 aliphatic carbocycles. The van der Waals surface area contributed by atoms with Gasteiger partial charge in [-0.1, -0.05) is 0 Å². The lowest BCUT2D eigenvalue weighted by molar-refractivity contribution is 0.0747. The summed E-state index contributed by atoms with van der Waals surface area (Å²) < 4.78 is 16.5. The maximum absolute atomic E-state index is 13.2. The molecule has 0 radical (unpaired) electrons. The number of hydrogen-bond acceptors (Lipinski definition) is 4. The summed E-state index contributed by atoms with van der Waals surface area (Å²) in [5.41, 5.74) is 3.39. The molecule has 1 amide bonds. The second kappa shape index (κ2) is 7.54. The summed E-state index contributed by atoms with van der Waals surface area (Å²) >= 11 is 0. The molecule has 0 bridgehead atoms. The molecule has 2 aromatic heterocycles. The van der Waals surface area contributed by atoms with E-state index in [4.69, 9.17) is 0 Å². The normalized spacial score (nSPS) is 14.5. The van der Waals surface area contributed by atoms with E-state index in [1.807, 2.05) is 17.9 Å². The number of nitrogens with zero attached hydrogens (tertiary/aromatic N) is 5. The van der Waals surface area contributed by atoms with Crippen LogP contribution >= 0.6 is 0 Å². The van der Waals surface area contributed by atoms with Gasteiger partial charge < -0.3 is 14.4 Å². The molecule has 8 heteroatoms. The molecule has 0 unspecified atom stereocenters. The van der Waals surface area contributed by atoms with E-state index in [1.54, 1.807) is 45.6 Å². The van der Waals surface area contributed by atoms with Gasteiger partial charge in [0.1, 0.15) is 11.3 Å². The van der Waals surface area contributed by atoms with Crippen molar-refractivity contribution in [1.82, 2.24) is 19.1 Å². The molecule has 31 heavy (non-hydrogen) atoms. The van der Waals surface area contributed by atoms with Crippen molar-refractivity contribution in [3.63, 3.8) is 0 Å². The third-order valence-corrected chi connectivity index (χ3v) is 5.92. The quantitative estimate of drug-likeness (QED) is 0.512. The Kier molecular flexibility index (Phi) is 4.69. The second-order valence-corrected chi connectivity index (χ2v) is 7.64. The number of anilines is 1. The van der Waals surface area contributed by atoms with Crippen molar-refractivity contribution >= 4 is 28.1 Å². The number of carbonyl (C=O) groups is 1. The topological polar surface area (TPSA) is 62.9 Å². The number of piperazine rings is 1. The Morgan fingerprint density at radius 3 is 2.42 bits per heavy atom. The summed E-state index contributed by atoms with van der Waals surface area (Å²) in [6.07, 6.45) is 1.61. The predicted molar refractivity (Wildman–Crippen MR) is 117 cm³/mol. The molecule has 158 valence electrons. The van der Waals surface area contributed by atoms with Gasteiger partial charge in [-0.15, -0.1) is 0 Å². The molecule has 1 aliphatic heterocycles. The average Bonchev–Trinajstić information content (AvgIpc) is 3.30. The molecule has 4 aromatic rings. The highest BCUT2D eigenvalue weighted by atomic mass is 19.1. The number of amides is 1. The van der Waals surface area contributed by atoms with Gasteiger partial charge in [0.15, 0.2) is 0 Å². The summed E-state index contributed by atoms with van der Waals surface area (Å²) in [5.74, 6) is -0.317. The number of fused-ring (bicyclic) bond motifs is 3. The van der Waals surface area contributed by atoms with Gasteiger partial charge in [-0.05, 0) is 55.5 Å². The fourth-order valence-corrected chi connectivity index (χ4v) is 4.27. The minimum absolute atomic E-state index is 0.0590. The summed E-state index contributed by atoms with van der Waals surface area (Å²) in [4.78, 5) is 29.9. The molecule has 0 saturated carbocycles. The Morgan fingerprint density at radius 2 is 1.71 bits per heavy atom. The first kappa shape index (κ1) is 19.3. The largest absolute Gasteiger partial charge is 0.368 e. The van der Waals surface area contributed by atoms with Gasteiger partial charge in [0, 0.05) is 44.0 Å². The standard InChI is InChI=1S/C23H22FN5O2/c1-2-28-21-15-16(3-8-19(21)29-20(23(28)31)9-10-25-29)22(30)27-13-11-26(12-14-27)18-6-4-17(24)5-7-18/h3-10,15H,2,11-14H2,1H3. The summed E-state index contributed by atoms with van der Waals surface area (Å²) in [7, 11) is 0. The molecule has 0 N–H and O–H groups in total. The van der Waals surface area contributed by atoms with Gasteiger partial charge in [0.2, 0.25) is 0 Å². The Labute approximate surface area is 177 Å². The van der Waals surface area contributed by atoms with Crippen molar-refractivity contribution < 1.29 is 9.18 Å². The SMILES string of the molecule is CCn1c(=O)c2ccnn2c2ccc(C(=O)N3CCN(c4ccc(F)cc4)CC3)cc21. The molecule has 3 heterocycles. The van der Waals surface area contributed by atoms with Crippen molar-refractivity contribution in [2.24, 2.45) is 0 Å². The molecule has 1 aliphatic rings. The highest BCUT2D eigenvalue weighted by Gasteiger charge is 2.23.